The molecule has 0 spiro atoms. The molecule has 2 aromatic heterocycles. The van der Waals surface area contributed by atoms with Gasteiger partial charge in [-0.25, -0.2) is 0 Å². The van der Waals surface area contributed by atoms with Crippen molar-refractivity contribution in [2.24, 2.45) is 0 Å². The fourth-order valence-electron chi connectivity index (χ4n) is 1.51. The smallest absolute Gasteiger partial charge is 0.0939 e. The van der Waals surface area contributed by atoms with Gasteiger partial charge in [0.25, 0.3) is 0 Å². The quantitative estimate of drug-likeness (QED) is 0.751. The zero-order valence-electron chi connectivity index (χ0n) is 9.40. The predicted molar refractivity (Wildman–Crippen MR) is 63.8 cm³/mol. The van der Waals surface area contributed by atoms with Crippen LogP contribution in [-0.4, -0.2) is 21.7 Å². The highest BCUT2D eigenvalue weighted by Crippen LogP contribution is 2.15. The second-order valence-electron chi connectivity index (χ2n) is 3.70. The van der Waals surface area contributed by atoms with E-state index >= 15 is 0 Å². The average Bonchev–Trinajstić information content (AvgIpc) is 2.79. The Hall–Kier alpha value is -1.68. The Morgan fingerprint density at radius 3 is 3.12 bits per heavy atom. The molecule has 0 aromatic carbocycles. The van der Waals surface area contributed by atoms with E-state index in [0.29, 0.717) is 0 Å². The molecular formula is C12H16N4. The number of nitrogens with zero attached hydrogens (tertiary/aromatic N) is 2. The summed E-state index contributed by atoms with van der Waals surface area (Å²) in [6.07, 6.45) is 4.73. The van der Waals surface area contributed by atoms with Crippen molar-refractivity contribution in [1.82, 2.24) is 20.5 Å². The lowest BCUT2D eigenvalue weighted by Gasteiger charge is -1.98. The van der Waals surface area contributed by atoms with Gasteiger partial charge >= 0.3 is 0 Å². The normalized spacial score (nSPS) is 10.6. The first kappa shape index (κ1) is 10.8. The lowest BCUT2D eigenvalue weighted by molar-refractivity contribution is 0.662. The third-order valence-electron chi connectivity index (χ3n) is 2.33. The van der Waals surface area contributed by atoms with Crippen molar-refractivity contribution < 1.29 is 0 Å². The van der Waals surface area contributed by atoms with Gasteiger partial charge in [-0.2, -0.15) is 5.10 Å². The van der Waals surface area contributed by atoms with Crippen molar-refractivity contribution in [2.75, 3.05) is 6.54 Å². The Labute approximate surface area is 95.1 Å². The van der Waals surface area contributed by atoms with Gasteiger partial charge in [0.15, 0.2) is 0 Å². The van der Waals surface area contributed by atoms with Gasteiger partial charge in [-0.15, -0.1) is 0 Å². The molecule has 0 unspecified atom stereocenters. The lowest BCUT2D eigenvalue weighted by atomic mass is 10.2. The van der Waals surface area contributed by atoms with Gasteiger partial charge in [-0.1, -0.05) is 6.92 Å². The molecule has 0 aliphatic heterocycles. The van der Waals surface area contributed by atoms with E-state index in [1.54, 1.807) is 6.20 Å². The zero-order chi connectivity index (χ0) is 11.2. The molecule has 16 heavy (non-hydrogen) atoms. The molecule has 2 N–H and O–H groups in total. The average molecular weight is 216 g/mol. The summed E-state index contributed by atoms with van der Waals surface area (Å²) in [5, 5.41) is 10.6. The minimum atomic E-state index is 0.834. The lowest BCUT2D eigenvalue weighted by Crippen LogP contribution is -2.13. The highest BCUT2D eigenvalue weighted by atomic mass is 15.1. The van der Waals surface area contributed by atoms with Crippen LogP contribution >= 0.6 is 0 Å². The van der Waals surface area contributed by atoms with E-state index in [-0.39, 0.29) is 0 Å². The summed E-state index contributed by atoms with van der Waals surface area (Å²) < 4.78 is 0. The Balaban J connectivity index is 2.02. The molecule has 0 saturated heterocycles. The van der Waals surface area contributed by atoms with E-state index in [4.69, 9.17) is 0 Å². The monoisotopic (exact) mass is 216 g/mol. The second kappa shape index (κ2) is 5.42. The topological polar surface area (TPSA) is 53.6 Å². The molecule has 2 heterocycles. The molecular weight excluding hydrogens is 200 g/mol. The van der Waals surface area contributed by atoms with Crippen LogP contribution in [0.25, 0.3) is 11.3 Å². The predicted octanol–water partition coefficient (Wildman–Crippen LogP) is 1.97. The standard InChI is InChI=1S/C12H16N4/c1-2-5-13-9-11-7-12(16-15-11)10-4-3-6-14-8-10/h3-4,6-8,13H,2,5,9H2,1H3,(H,15,16). The number of aromatic amines is 1. The van der Waals surface area contributed by atoms with Crippen LogP contribution in [0.5, 0.6) is 0 Å². The third-order valence-corrected chi connectivity index (χ3v) is 2.33. The molecule has 2 rings (SSSR count). The Morgan fingerprint density at radius 1 is 1.44 bits per heavy atom. The first-order valence-corrected chi connectivity index (χ1v) is 5.55. The van der Waals surface area contributed by atoms with E-state index in [0.717, 1.165) is 36.5 Å². The molecule has 4 heteroatoms. The molecule has 0 atom stereocenters. The van der Waals surface area contributed by atoms with Gasteiger partial charge < -0.3 is 5.32 Å². The number of pyridine rings is 1. The fourth-order valence-corrected chi connectivity index (χ4v) is 1.51. The molecule has 2 aromatic rings. The van der Waals surface area contributed by atoms with Gasteiger partial charge in [-0.3, -0.25) is 10.1 Å². The van der Waals surface area contributed by atoms with Crippen molar-refractivity contribution in [1.29, 1.82) is 0 Å². The largest absolute Gasteiger partial charge is 0.311 e. The van der Waals surface area contributed by atoms with Crippen LogP contribution in [0, 0.1) is 0 Å². The van der Waals surface area contributed by atoms with Crippen molar-refractivity contribution in [3.63, 3.8) is 0 Å². The number of nitrogens with one attached hydrogen (secondary N) is 2. The summed E-state index contributed by atoms with van der Waals surface area (Å²) in [5.74, 6) is 0. The van der Waals surface area contributed by atoms with Crippen LogP contribution in [0.2, 0.25) is 0 Å². The summed E-state index contributed by atoms with van der Waals surface area (Å²) in [6, 6.07) is 5.98. The molecule has 0 radical (unpaired) electrons. The van der Waals surface area contributed by atoms with Crippen LogP contribution < -0.4 is 5.32 Å². The first-order valence-electron chi connectivity index (χ1n) is 5.55. The SMILES string of the molecule is CCCNCc1cc(-c2cccnc2)n[nH]1. The van der Waals surface area contributed by atoms with E-state index in [1.165, 1.54) is 0 Å². The molecule has 0 saturated carbocycles. The van der Waals surface area contributed by atoms with Crippen molar-refractivity contribution >= 4 is 0 Å². The number of H-pyrrole nitrogens is 1. The molecule has 0 aliphatic carbocycles. The zero-order valence-corrected chi connectivity index (χ0v) is 9.40. The highest BCUT2D eigenvalue weighted by molar-refractivity contribution is 5.57. The maximum Gasteiger partial charge on any atom is 0.0939 e. The third kappa shape index (κ3) is 2.67. The van der Waals surface area contributed by atoms with Gasteiger partial charge in [0.1, 0.15) is 0 Å². The second-order valence-corrected chi connectivity index (χ2v) is 3.70. The van der Waals surface area contributed by atoms with E-state index in [9.17, 15) is 0 Å². The number of rotatable bonds is 5. The number of hydrogen-bond acceptors (Lipinski definition) is 3. The summed E-state index contributed by atoms with van der Waals surface area (Å²) in [4.78, 5) is 4.08. The summed E-state index contributed by atoms with van der Waals surface area (Å²) in [7, 11) is 0. The maximum atomic E-state index is 4.26. The molecule has 84 valence electrons. The van der Waals surface area contributed by atoms with E-state index in [1.807, 2.05) is 18.3 Å². The van der Waals surface area contributed by atoms with Crippen molar-refractivity contribution in [2.45, 2.75) is 19.9 Å². The molecule has 0 amide bonds. The molecule has 0 aliphatic rings. The van der Waals surface area contributed by atoms with Gasteiger partial charge in [0.2, 0.25) is 0 Å². The highest BCUT2D eigenvalue weighted by Gasteiger charge is 2.02. The summed E-state index contributed by atoms with van der Waals surface area (Å²) in [6.45, 7) is 4.02. The van der Waals surface area contributed by atoms with Gasteiger partial charge in [-0.05, 0) is 31.2 Å². The first-order chi connectivity index (χ1) is 7.90. The molecule has 0 fully saturated rings. The van der Waals surface area contributed by atoms with Crippen molar-refractivity contribution in [3.8, 4) is 11.3 Å². The Kier molecular flexibility index (Phi) is 3.66. The minimum Gasteiger partial charge on any atom is -0.311 e. The summed E-state index contributed by atoms with van der Waals surface area (Å²) >= 11 is 0. The van der Waals surface area contributed by atoms with Crippen LogP contribution in [0.15, 0.2) is 30.6 Å². The Morgan fingerprint density at radius 2 is 2.38 bits per heavy atom. The fraction of sp³-hybridized carbons (Fsp3) is 0.333. The van der Waals surface area contributed by atoms with Crippen LogP contribution in [0.4, 0.5) is 0 Å². The van der Waals surface area contributed by atoms with E-state index < -0.39 is 0 Å². The van der Waals surface area contributed by atoms with Crippen molar-refractivity contribution in [3.05, 3.63) is 36.3 Å². The van der Waals surface area contributed by atoms with Gasteiger partial charge in [0, 0.05) is 30.2 Å². The van der Waals surface area contributed by atoms with Crippen LogP contribution in [0.1, 0.15) is 19.0 Å². The number of hydrogen-bond donors (Lipinski definition) is 2. The maximum absolute atomic E-state index is 4.26. The van der Waals surface area contributed by atoms with E-state index in [2.05, 4.69) is 33.5 Å². The van der Waals surface area contributed by atoms with Gasteiger partial charge in [0.05, 0.1) is 5.69 Å². The number of aromatic nitrogens is 3. The molecule has 4 nitrogen and oxygen atoms in total. The minimum absolute atomic E-state index is 0.834. The Bertz CT molecular complexity index is 422. The summed E-state index contributed by atoms with van der Waals surface area (Å²) in [5.41, 5.74) is 3.09. The van der Waals surface area contributed by atoms with Crippen LogP contribution in [-0.2, 0) is 6.54 Å². The van der Waals surface area contributed by atoms with Crippen LogP contribution in [0.3, 0.4) is 0 Å². The molecule has 0 bridgehead atoms.